The van der Waals surface area contributed by atoms with Gasteiger partial charge in [-0.1, -0.05) is 23.7 Å². The fourth-order valence-corrected chi connectivity index (χ4v) is 4.39. The number of morpholine rings is 1. The Kier molecular flexibility index (Phi) is 8.09. The molecule has 0 radical (unpaired) electrons. The summed E-state index contributed by atoms with van der Waals surface area (Å²) in [5.74, 6) is 0.421. The van der Waals surface area contributed by atoms with Gasteiger partial charge >= 0.3 is 0 Å². The van der Waals surface area contributed by atoms with Crippen molar-refractivity contribution in [3.8, 4) is 0 Å². The van der Waals surface area contributed by atoms with Crippen LogP contribution in [-0.4, -0.2) is 57.3 Å². The maximum Gasteiger partial charge on any atom is 0.191 e. The number of hydrogen-bond acceptors (Lipinski definition) is 4. The molecular formula is C20H26ClFN4OS. The molecule has 1 unspecified atom stereocenters. The molecule has 5 nitrogen and oxygen atoms in total. The lowest BCUT2D eigenvalue weighted by Gasteiger charge is -2.34. The van der Waals surface area contributed by atoms with Crippen LogP contribution in [0.2, 0.25) is 5.02 Å². The molecule has 2 aromatic rings. The molecule has 1 aromatic heterocycles. The highest BCUT2D eigenvalue weighted by Gasteiger charge is 2.23. The summed E-state index contributed by atoms with van der Waals surface area (Å²) in [6.45, 7) is 4.64. The van der Waals surface area contributed by atoms with E-state index in [-0.39, 0.29) is 11.9 Å². The van der Waals surface area contributed by atoms with E-state index in [9.17, 15) is 4.39 Å². The Hall–Kier alpha value is -1.67. The predicted molar refractivity (Wildman–Crippen MR) is 114 cm³/mol. The first-order valence-corrected chi connectivity index (χ1v) is 10.7. The lowest BCUT2D eigenvalue weighted by Crippen LogP contribution is -2.46. The summed E-state index contributed by atoms with van der Waals surface area (Å²) in [7, 11) is 1.74. The Balaban J connectivity index is 1.54. The number of thiophene rings is 1. The second kappa shape index (κ2) is 10.8. The highest BCUT2D eigenvalue weighted by atomic mass is 35.5. The summed E-state index contributed by atoms with van der Waals surface area (Å²) < 4.78 is 19.4. The van der Waals surface area contributed by atoms with E-state index in [0.29, 0.717) is 29.5 Å². The average Bonchev–Trinajstić information content (AvgIpc) is 3.24. The monoisotopic (exact) mass is 424 g/mol. The van der Waals surface area contributed by atoms with Crippen LogP contribution in [0.1, 0.15) is 16.5 Å². The average molecular weight is 425 g/mol. The maximum absolute atomic E-state index is 13.9. The van der Waals surface area contributed by atoms with Crippen LogP contribution in [-0.2, 0) is 11.2 Å². The summed E-state index contributed by atoms with van der Waals surface area (Å²) >= 11 is 7.86. The minimum atomic E-state index is -0.276. The van der Waals surface area contributed by atoms with Gasteiger partial charge in [0, 0.05) is 48.7 Å². The number of nitrogens with zero attached hydrogens (tertiary/aromatic N) is 2. The quantitative estimate of drug-likeness (QED) is 0.528. The van der Waals surface area contributed by atoms with E-state index >= 15 is 0 Å². The van der Waals surface area contributed by atoms with Crippen molar-refractivity contribution in [1.29, 1.82) is 0 Å². The Bertz CT molecular complexity index is 745. The van der Waals surface area contributed by atoms with Crippen LogP contribution >= 0.6 is 22.9 Å². The van der Waals surface area contributed by atoms with E-state index in [1.165, 1.54) is 10.9 Å². The first-order valence-electron chi connectivity index (χ1n) is 9.41. The maximum atomic E-state index is 13.9. The van der Waals surface area contributed by atoms with Crippen LogP contribution in [0.3, 0.4) is 0 Å². The second-order valence-corrected chi connectivity index (χ2v) is 7.90. The summed E-state index contributed by atoms with van der Waals surface area (Å²) in [6, 6.07) is 9.28. The van der Waals surface area contributed by atoms with Gasteiger partial charge in [0.1, 0.15) is 5.82 Å². The number of benzene rings is 1. The van der Waals surface area contributed by atoms with Crippen molar-refractivity contribution in [3.05, 3.63) is 57.0 Å². The van der Waals surface area contributed by atoms with Gasteiger partial charge in [-0.3, -0.25) is 9.89 Å². The van der Waals surface area contributed by atoms with Crippen LogP contribution in [0.15, 0.2) is 40.7 Å². The Morgan fingerprint density at radius 1 is 1.29 bits per heavy atom. The van der Waals surface area contributed by atoms with Gasteiger partial charge in [-0.2, -0.15) is 0 Å². The van der Waals surface area contributed by atoms with Crippen LogP contribution in [0.5, 0.6) is 0 Å². The lowest BCUT2D eigenvalue weighted by molar-refractivity contribution is 0.0177. The minimum Gasteiger partial charge on any atom is -0.379 e. The topological polar surface area (TPSA) is 48.9 Å². The van der Waals surface area contributed by atoms with Crippen molar-refractivity contribution in [2.75, 3.05) is 46.4 Å². The Labute approximate surface area is 174 Å². The molecule has 152 valence electrons. The zero-order chi connectivity index (χ0) is 19.8. The van der Waals surface area contributed by atoms with Gasteiger partial charge < -0.3 is 15.4 Å². The van der Waals surface area contributed by atoms with Crippen LogP contribution in [0.25, 0.3) is 0 Å². The lowest BCUT2D eigenvalue weighted by atomic mass is 10.1. The third-order valence-corrected chi connectivity index (χ3v) is 6.10. The molecule has 0 saturated carbocycles. The van der Waals surface area contributed by atoms with Crippen molar-refractivity contribution < 1.29 is 9.13 Å². The van der Waals surface area contributed by atoms with Crippen molar-refractivity contribution >= 4 is 28.9 Å². The van der Waals surface area contributed by atoms with Crippen molar-refractivity contribution in [2.45, 2.75) is 12.5 Å². The summed E-state index contributed by atoms with van der Waals surface area (Å²) in [5.41, 5.74) is 0.525. The molecule has 28 heavy (non-hydrogen) atoms. The number of nitrogens with one attached hydrogen (secondary N) is 2. The fraction of sp³-hybridized carbons (Fsp3) is 0.450. The zero-order valence-electron chi connectivity index (χ0n) is 16.0. The van der Waals surface area contributed by atoms with E-state index in [1.54, 1.807) is 30.5 Å². The molecule has 1 saturated heterocycles. The molecule has 1 aliphatic rings. The molecule has 0 spiro atoms. The molecule has 0 amide bonds. The van der Waals surface area contributed by atoms with Gasteiger partial charge in [-0.05, 0) is 30.0 Å². The number of aliphatic imine (C=N–C) groups is 1. The Morgan fingerprint density at radius 2 is 2.11 bits per heavy atom. The number of rotatable bonds is 7. The third kappa shape index (κ3) is 5.67. The molecule has 8 heteroatoms. The molecule has 2 heterocycles. The number of ether oxygens (including phenoxy) is 1. The molecule has 3 rings (SSSR count). The van der Waals surface area contributed by atoms with Gasteiger partial charge in [0.05, 0.1) is 19.3 Å². The van der Waals surface area contributed by atoms with Gasteiger partial charge in [-0.15, -0.1) is 11.3 Å². The van der Waals surface area contributed by atoms with E-state index < -0.39 is 0 Å². The number of halogens is 2. The van der Waals surface area contributed by atoms with E-state index in [1.807, 2.05) is 0 Å². The zero-order valence-corrected chi connectivity index (χ0v) is 17.5. The first kappa shape index (κ1) is 21.0. The molecule has 1 aliphatic heterocycles. The normalized spacial score (nSPS) is 16.8. The van der Waals surface area contributed by atoms with E-state index in [4.69, 9.17) is 16.3 Å². The van der Waals surface area contributed by atoms with Crippen LogP contribution in [0, 0.1) is 5.82 Å². The van der Waals surface area contributed by atoms with Gasteiger partial charge in [0.25, 0.3) is 0 Å². The number of hydrogen-bond donors (Lipinski definition) is 2. The molecule has 0 bridgehead atoms. The smallest absolute Gasteiger partial charge is 0.191 e. The summed E-state index contributed by atoms with van der Waals surface area (Å²) in [5, 5.41) is 9.22. The van der Waals surface area contributed by atoms with Crippen molar-refractivity contribution in [1.82, 2.24) is 15.5 Å². The molecule has 0 aliphatic carbocycles. The number of guanidine groups is 1. The van der Waals surface area contributed by atoms with Gasteiger partial charge in [-0.25, -0.2) is 4.39 Å². The Morgan fingerprint density at radius 3 is 2.79 bits per heavy atom. The first-order chi connectivity index (χ1) is 13.7. The summed E-state index contributed by atoms with van der Waals surface area (Å²) in [6.07, 6.45) is 0.490. The standard InChI is InChI=1S/C20H26ClFN4OS/c1-23-20(24-8-7-15-16(21)4-2-5-17(15)22)25-14-18(19-6-3-13-28-19)26-9-11-27-12-10-26/h2-6,13,18H,7-12,14H2,1H3,(H2,23,24,25). The second-order valence-electron chi connectivity index (χ2n) is 6.51. The molecule has 2 N–H and O–H groups in total. The molecule has 1 atom stereocenters. The summed E-state index contributed by atoms with van der Waals surface area (Å²) in [4.78, 5) is 8.05. The third-order valence-electron chi connectivity index (χ3n) is 4.77. The van der Waals surface area contributed by atoms with Gasteiger partial charge in [0.2, 0.25) is 0 Å². The fourth-order valence-electron chi connectivity index (χ4n) is 3.27. The largest absolute Gasteiger partial charge is 0.379 e. The van der Waals surface area contributed by atoms with Gasteiger partial charge in [0.15, 0.2) is 5.96 Å². The SMILES string of the molecule is CN=C(NCCc1c(F)cccc1Cl)NCC(c1cccs1)N1CCOCC1. The minimum absolute atomic E-state index is 0.267. The highest BCUT2D eigenvalue weighted by Crippen LogP contribution is 2.25. The highest BCUT2D eigenvalue weighted by molar-refractivity contribution is 7.10. The van der Waals surface area contributed by atoms with E-state index in [2.05, 4.69) is 38.0 Å². The molecule has 1 fully saturated rings. The molecular weight excluding hydrogens is 399 g/mol. The van der Waals surface area contributed by atoms with Crippen molar-refractivity contribution in [2.24, 2.45) is 4.99 Å². The molecule has 1 aromatic carbocycles. The van der Waals surface area contributed by atoms with Crippen LogP contribution in [0.4, 0.5) is 4.39 Å². The predicted octanol–water partition coefficient (Wildman–Crippen LogP) is 3.32. The van der Waals surface area contributed by atoms with Crippen LogP contribution < -0.4 is 10.6 Å². The van der Waals surface area contributed by atoms with E-state index in [0.717, 1.165) is 32.8 Å². The van der Waals surface area contributed by atoms with Crippen molar-refractivity contribution in [3.63, 3.8) is 0 Å².